The lowest BCUT2D eigenvalue weighted by molar-refractivity contribution is -0.125. The molecule has 0 aliphatic carbocycles. The molecule has 3 amide bonds. The van der Waals surface area contributed by atoms with E-state index in [4.69, 9.17) is 16.2 Å². The second-order valence-corrected chi connectivity index (χ2v) is 5.62. The Morgan fingerprint density at radius 2 is 1.76 bits per heavy atom. The molecule has 0 fully saturated rings. The highest BCUT2D eigenvalue weighted by molar-refractivity contribution is 5.95. The smallest absolute Gasteiger partial charge is 0.243 e. The zero-order chi connectivity index (χ0) is 18.1. The lowest BCUT2D eigenvalue weighted by Gasteiger charge is -2.15. The van der Waals surface area contributed by atoms with Crippen LogP contribution in [0.25, 0.3) is 0 Å². The van der Waals surface area contributed by atoms with Gasteiger partial charge in [-0.2, -0.15) is 0 Å². The van der Waals surface area contributed by atoms with Crippen LogP contribution in [0.15, 0.2) is 24.3 Å². The summed E-state index contributed by atoms with van der Waals surface area (Å²) in [6, 6.07) is 5.97. The number of primary amides is 1. The molecule has 9 heteroatoms. The highest BCUT2D eigenvalue weighted by Gasteiger charge is 2.17. The lowest BCUT2D eigenvalue weighted by atomic mass is 10.1. The van der Waals surface area contributed by atoms with Gasteiger partial charge >= 0.3 is 0 Å². The Balaban J connectivity index is 0.00000576. The highest BCUT2D eigenvalue weighted by atomic mass is 35.5. The minimum atomic E-state index is -0.644. The van der Waals surface area contributed by atoms with E-state index in [-0.39, 0.29) is 49.7 Å². The van der Waals surface area contributed by atoms with Crippen LogP contribution in [0.3, 0.4) is 0 Å². The number of benzene rings is 1. The van der Waals surface area contributed by atoms with E-state index < -0.39 is 11.9 Å². The van der Waals surface area contributed by atoms with Crippen LogP contribution >= 0.6 is 12.4 Å². The van der Waals surface area contributed by atoms with E-state index in [9.17, 15) is 14.4 Å². The summed E-state index contributed by atoms with van der Waals surface area (Å²) in [4.78, 5) is 34.1. The molecule has 0 aromatic heterocycles. The molecule has 1 aromatic carbocycles. The first-order chi connectivity index (χ1) is 11.3. The summed E-state index contributed by atoms with van der Waals surface area (Å²) < 4.78 is 5.32. The van der Waals surface area contributed by atoms with E-state index in [2.05, 4.69) is 10.6 Å². The van der Waals surface area contributed by atoms with Crippen molar-refractivity contribution in [1.82, 2.24) is 5.32 Å². The molecule has 0 saturated carbocycles. The Morgan fingerprint density at radius 3 is 2.28 bits per heavy atom. The Labute approximate surface area is 153 Å². The predicted molar refractivity (Wildman–Crippen MR) is 97.4 cm³/mol. The standard InChI is InChI=1S/C16H24N4O4.ClH/c1-10(2)15(18)16(23)19-9-14(22)20-11-3-5-12(6-4-11)24-8-7-13(17)21;/h3-6,10,15H,7-9,18H2,1-2H3,(H2,17,21)(H,19,23)(H,20,22);1H/t15-;/m0./s1. The number of carbonyl (C=O) groups excluding carboxylic acids is 3. The first kappa shape index (κ1) is 22.7. The maximum atomic E-state index is 11.8. The molecule has 0 aliphatic heterocycles. The average molecular weight is 373 g/mol. The van der Waals surface area contributed by atoms with Gasteiger partial charge in [0, 0.05) is 5.69 Å². The molecule has 0 aliphatic rings. The molecule has 0 bridgehead atoms. The van der Waals surface area contributed by atoms with Gasteiger partial charge in [-0.05, 0) is 30.2 Å². The molecule has 6 N–H and O–H groups in total. The number of rotatable bonds is 9. The van der Waals surface area contributed by atoms with Gasteiger partial charge in [0.1, 0.15) is 5.75 Å². The number of anilines is 1. The molecular formula is C16H25ClN4O4. The first-order valence-electron chi connectivity index (χ1n) is 7.64. The minimum absolute atomic E-state index is 0. The molecule has 0 unspecified atom stereocenters. The van der Waals surface area contributed by atoms with Gasteiger partial charge in [-0.15, -0.1) is 12.4 Å². The van der Waals surface area contributed by atoms with Gasteiger partial charge in [-0.25, -0.2) is 0 Å². The van der Waals surface area contributed by atoms with Gasteiger partial charge in [0.05, 0.1) is 25.6 Å². The van der Waals surface area contributed by atoms with E-state index in [1.165, 1.54) is 0 Å². The summed E-state index contributed by atoms with van der Waals surface area (Å²) in [5, 5.41) is 5.13. The maximum Gasteiger partial charge on any atom is 0.243 e. The average Bonchev–Trinajstić information content (AvgIpc) is 2.53. The fourth-order valence-electron chi connectivity index (χ4n) is 1.70. The van der Waals surface area contributed by atoms with Crippen molar-refractivity contribution in [2.75, 3.05) is 18.5 Å². The van der Waals surface area contributed by atoms with Crippen molar-refractivity contribution in [3.05, 3.63) is 24.3 Å². The van der Waals surface area contributed by atoms with Crippen molar-refractivity contribution in [2.24, 2.45) is 17.4 Å². The van der Waals surface area contributed by atoms with Crippen LogP contribution in [0.2, 0.25) is 0 Å². The number of nitrogens with one attached hydrogen (secondary N) is 2. The van der Waals surface area contributed by atoms with Crippen LogP contribution in [-0.2, 0) is 14.4 Å². The van der Waals surface area contributed by atoms with Gasteiger partial charge in [-0.1, -0.05) is 13.8 Å². The third-order valence-corrected chi connectivity index (χ3v) is 3.20. The van der Waals surface area contributed by atoms with Crippen LogP contribution in [0, 0.1) is 5.92 Å². The van der Waals surface area contributed by atoms with E-state index in [0.717, 1.165) is 0 Å². The van der Waals surface area contributed by atoms with Gasteiger partial charge in [0.25, 0.3) is 0 Å². The van der Waals surface area contributed by atoms with Crippen LogP contribution in [-0.4, -0.2) is 36.9 Å². The van der Waals surface area contributed by atoms with Crippen molar-refractivity contribution in [3.63, 3.8) is 0 Å². The van der Waals surface area contributed by atoms with E-state index >= 15 is 0 Å². The predicted octanol–water partition coefficient (Wildman–Crippen LogP) is 0.401. The van der Waals surface area contributed by atoms with Crippen molar-refractivity contribution in [1.29, 1.82) is 0 Å². The van der Waals surface area contributed by atoms with E-state index in [1.807, 2.05) is 13.8 Å². The summed E-state index contributed by atoms with van der Waals surface area (Å²) in [6.07, 6.45) is 0.136. The zero-order valence-corrected chi connectivity index (χ0v) is 15.1. The van der Waals surface area contributed by atoms with Gasteiger partial charge < -0.3 is 26.8 Å². The van der Waals surface area contributed by atoms with Gasteiger partial charge in [-0.3, -0.25) is 14.4 Å². The molecule has 8 nitrogen and oxygen atoms in total. The second-order valence-electron chi connectivity index (χ2n) is 5.62. The Kier molecular flexibility index (Phi) is 10.2. The van der Waals surface area contributed by atoms with Gasteiger partial charge in [0.2, 0.25) is 17.7 Å². The molecule has 0 saturated heterocycles. The summed E-state index contributed by atoms with van der Waals surface area (Å²) in [7, 11) is 0. The summed E-state index contributed by atoms with van der Waals surface area (Å²) >= 11 is 0. The molecule has 1 aromatic rings. The summed E-state index contributed by atoms with van der Waals surface area (Å²) in [6.45, 7) is 3.70. The number of nitrogens with two attached hydrogens (primary N) is 2. The topological polar surface area (TPSA) is 137 Å². The second kappa shape index (κ2) is 11.3. The maximum absolute atomic E-state index is 11.8. The summed E-state index contributed by atoms with van der Waals surface area (Å²) in [5.74, 6) is -0.598. The van der Waals surface area contributed by atoms with Crippen molar-refractivity contribution >= 4 is 35.8 Å². The third kappa shape index (κ3) is 8.92. The number of hydrogen-bond donors (Lipinski definition) is 4. The van der Waals surface area contributed by atoms with Crippen LogP contribution in [0.4, 0.5) is 5.69 Å². The number of carbonyl (C=O) groups is 3. The normalized spacial score (nSPS) is 11.2. The van der Waals surface area contributed by atoms with Gasteiger partial charge in [0.15, 0.2) is 0 Å². The molecule has 1 atom stereocenters. The number of ether oxygens (including phenoxy) is 1. The molecule has 0 heterocycles. The largest absolute Gasteiger partial charge is 0.493 e. The highest BCUT2D eigenvalue weighted by Crippen LogP contribution is 2.15. The molecule has 25 heavy (non-hydrogen) atoms. The minimum Gasteiger partial charge on any atom is -0.493 e. The van der Waals surface area contributed by atoms with Crippen molar-refractivity contribution < 1.29 is 19.1 Å². The molecule has 0 radical (unpaired) electrons. The van der Waals surface area contributed by atoms with Crippen LogP contribution in [0.5, 0.6) is 5.75 Å². The first-order valence-corrected chi connectivity index (χ1v) is 7.64. The van der Waals surface area contributed by atoms with E-state index in [0.29, 0.717) is 11.4 Å². The fraction of sp³-hybridized carbons (Fsp3) is 0.438. The number of hydrogen-bond acceptors (Lipinski definition) is 5. The molecule has 0 spiro atoms. The SMILES string of the molecule is CC(C)[C@H](N)C(=O)NCC(=O)Nc1ccc(OCCC(N)=O)cc1.Cl. The molecule has 140 valence electrons. The Morgan fingerprint density at radius 1 is 1.16 bits per heavy atom. The Hall–Kier alpha value is -2.32. The number of halogens is 1. The fourth-order valence-corrected chi connectivity index (χ4v) is 1.70. The number of amides is 3. The van der Waals surface area contributed by atoms with Crippen LogP contribution < -0.4 is 26.8 Å². The third-order valence-electron chi connectivity index (χ3n) is 3.20. The van der Waals surface area contributed by atoms with Crippen molar-refractivity contribution in [3.8, 4) is 5.75 Å². The Bertz CT molecular complexity index is 578. The monoisotopic (exact) mass is 372 g/mol. The van der Waals surface area contributed by atoms with Crippen LogP contribution in [0.1, 0.15) is 20.3 Å². The molecular weight excluding hydrogens is 348 g/mol. The lowest BCUT2D eigenvalue weighted by Crippen LogP contribution is -2.46. The van der Waals surface area contributed by atoms with E-state index in [1.54, 1.807) is 24.3 Å². The summed E-state index contributed by atoms with van der Waals surface area (Å²) in [5.41, 5.74) is 11.3. The van der Waals surface area contributed by atoms with Crippen molar-refractivity contribution in [2.45, 2.75) is 26.3 Å². The molecule has 1 rings (SSSR count). The quantitative estimate of drug-likeness (QED) is 0.497. The zero-order valence-electron chi connectivity index (χ0n) is 14.3.